The minimum atomic E-state index is -0.506. The molecule has 1 aliphatic rings. The summed E-state index contributed by atoms with van der Waals surface area (Å²) in [5.41, 5.74) is 2.34. The maximum absolute atomic E-state index is 12.1. The summed E-state index contributed by atoms with van der Waals surface area (Å²) in [4.78, 5) is 16.4. The van der Waals surface area contributed by atoms with E-state index >= 15 is 0 Å². The van der Waals surface area contributed by atoms with Crippen LogP contribution in [0.3, 0.4) is 0 Å². The standard InChI is InChI=1S/C18H14N2O5/c1-11-2-4-12(5-3-11)17-19-16(25-20-17)9-22-18(21)13-6-7-14-15(8-13)24-10-23-14/h2-8H,9-10H2,1H3. The van der Waals surface area contributed by atoms with E-state index < -0.39 is 5.97 Å². The predicted octanol–water partition coefficient (Wildman–Crippen LogP) is 3.13. The van der Waals surface area contributed by atoms with Crippen molar-refractivity contribution >= 4 is 5.97 Å². The Kier molecular flexibility index (Phi) is 3.81. The molecule has 0 unspecified atom stereocenters. The van der Waals surface area contributed by atoms with Crippen LogP contribution in [0.2, 0.25) is 0 Å². The summed E-state index contributed by atoms with van der Waals surface area (Å²) < 4.78 is 20.8. The molecule has 7 nitrogen and oxygen atoms in total. The van der Waals surface area contributed by atoms with E-state index in [4.69, 9.17) is 18.7 Å². The number of nitrogens with zero attached hydrogens (tertiary/aromatic N) is 2. The third-order valence-corrected chi connectivity index (χ3v) is 3.71. The lowest BCUT2D eigenvalue weighted by molar-refractivity contribution is 0.0429. The van der Waals surface area contributed by atoms with Gasteiger partial charge in [0.1, 0.15) is 0 Å². The van der Waals surface area contributed by atoms with Gasteiger partial charge in [-0.3, -0.25) is 0 Å². The van der Waals surface area contributed by atoms with Gasteiger partial charge in [0.25, 0.3) is 5.89 Å². The molecule has 2 aromatic carbocycles. The van der Waals surface area contributed by atoms with E-state index in [1.807, 2.05) is 31.2 Å². The zero-order valence-corrected chi connectivity index (χ0v) is 13.4. The van der Waals surface area contributed by atoms with Gasteiger partial charge in [-0.2, -0.15) is 4.98 Å². The van der Waals surface area contributed by atoms with Gasteiger partial charge in [-0.25, -0.2) is 4.79 Å². The van der Waals surface area contributed by atoms with Crippen molar-refractivity contribution in [2.75, 3.05) is 6.79 Å². The van der Waals surface area contributed by atoms with Crippen molar-refractivity contribution < 1.29 is 23.5 Å². The van der Waals surface area contributed by atoms with Crippen LogP contribution in [0.1, 0.15) is 21.8 Å². The average molecular weight is 338 g/mol. The van der Waals surface area contributed by atoms with Crippen molar-refractivity contribution in [1.29, 1.82) is 0 Å². The summed E-state index contributed by atoms with van der Waals surface area (Å²) in [5.74, 6) is 1.30. The van der Waals surface area contributed by atoms with E-state index in [1.165, 1.54) is 0 Å². The Bertz CT molecular complexity index is 917. The number of aryl methyl sites for hydroxylation is 1. The maximum Gasteiger partial charge on any atom is 0.338 e. The van der Waals surface area contributed by atoms with Crippen LogP contribution in [0.25, 0.3) is 11.4 Å². The minimum Gasteiger partial charge on any atom is -0.454 e. The van der Waals surface area contributed by atoms with E-state index in [-0.39, 0.29) is 19.3 Å². The first-order chi connectivity index (χ1) is 12.2. The summed E-state index contributed by atoms with van der Waals surface area (Å²) in [6, 6.07) is 12.6. The van der Waals surface area contributed by atoms with E-state index in [9.17, 15) is 4.79 Å². The summed E-state index contributed by atoms with van der Waals surface area (Å²) in [5, 5.41) is 3.90. The number of benzene rings is 2. The molecule has 4 rings (SSSR count). The largest absolute Gasteiger partial charge is 0.454 e. The number of hydrogen-bond acceptors (Lipinski definition) is 7. The number of fused-ring (bicyclic) bond motifs is 1. The first kappa shape index (κ1) is 15.2. The van der Waals surface area contributed by atoms with Gasteiger partial charge in [0.15, 0.2) is 18.1 Å². The third kappa shape index (κ3) is 3.16. The van der Waals surface area contributed by atoms with Crippen molar-refractivity contribution in [3.63, 3.8) is 0 Å². The van der Waals surface area contributed by atoms with Crippen LogP contribution in [-0.2, 0) is 11.3 Å². The monoisotopic (exact) mass is 338 g/mol. The van der Waals surface area contributed by atoms with E-state index in [1.54, 1.807) is 18.2 Å². The molecule has 0 aliphatic carbocycles. The SMILES string of the molecule is Cc1ccc(-c2noc(COC(=O)c3ccc4c(c3)OCO4)n2)cc1. The van der Waals surface area contributed by atoms with Gasteiger partial charge in [0, 0.05) is 5.56 Å². The lowest BCUT2D eigenvalue weighted by Crippen LogP contribution is -2.05. The van der Waals surface area contributed by atoms with Crippen LogP contribution < -0.4 is 9.47 Å². The highest BCUT2D eigenvalue weighted by Crippen LogP contribution is 2.32. The molecular weight excluding hydrogens is 324 g/mol. The van der Waals surface area contributed by atoms with Crippen LogP contribution >= 0.6 is 0 Å². The molecule has 1 aliphatic heterocycles. The van der Waals surface area contributed by atoms with Gasteiger partial charge in [-0.05, 0) is 25.1 Å². The molecule has 0 atom stereocenters. The average Bonchev–Trinajstić information content (AvgIpc) is 3.29. The van der Waals surface area contributed by atoms with Crippen molar-refractivity contribution in [1.82, 2.24) is 10.1 Å². The Balaban J connectivity index is 1.41. The Labute approximate surface area is 143 Å². The Morgan fingerprint density at radius 3 is 2.76 bits per heavy atom. The van der Waals surface area contributed by atoms with Gasteiger partial charge < -0.3 is 18.7 Å². The van der Waals surface area contributed by atoms with Crippen molar-refractivity contribution in [3.05, 3.63) is 59.5 Å². The molecule has 0 spiro atoms. The molecule has 126 valence electrons. The van der Waals surface area contributed by atoms with E-state index in [0.717, 1.165) is 11.1 Å². The fraction of sp³-hybridized carbons (Fsp3) is 0.167. The molecule has 0 radical (unpaired) electrons. The maximum atomic E-state index is 12.1. The van der Waals surface area contributed by atoms with Crippen molar-refractivity contribution in [3.8, 4) is 22.9 Å². The van der Waals surface area contributed by atoms with E-state index in [0.29, 0.717) is 22.9 Å². The number of hydrogen-bond donors (Lipinski definition) is 0. The Morgan fingerprint density at radius 1 is 1.12 bits per heavy atom. The lowest BCUT2D eigenvalue weighted by atomic mass is 10.1. The van der Waals surface area contributed by atoms with Crippen LogP contribution in [-0.4, -0.2) is 22.9 Å². The molecule has 1 aromatic heterocycles. The fourth-order valence-corrected chi connectivity index (χ4v) is 2.37. The highest BCUT2D eigenvalue weighted by molar-refractivity contribution is 5.90. The number of ether oxygens (including phenoxy) is 3. The van der Waals surface area contributed by atoms with Gasteiger partial charge in [-0.1, -0.05) is 35.0 Å². The summed E-state index contributed by atoms with van der Waals surface area (Å²) in [6.45, 7) is 2.05. The van der Waals surface area contributed by atoms with Gasteiger partial charge in [0.2, 0.25) is 12.6 Å². The summed E-state index contributed by atoms with van der Waals surface area (Å²) >= 11 is 0. The third-order valence-electron chi connectivity index (χ3n) is 3.71. The highest BCUT2D eigenvalue weighted by Gasteiger charge is 2.18. The van der Waals surface area contributed by atoms with Crippen LogP contribution in [0.15, 0.2) is 47.0 Å². The van der Waals surface area contributed by atoms with Crippen LogP contribution in [0, 0.1) is 6.92 Å². The number of esters is 1. The van der Waals surface area contributed by atoms with Gasteiger partial charge in [-0.15, -0.1) is 0 Å². The normalized spacial score (nSPS) is 12.2. The molecule has 7 heteroatoms. The molecule has 0 saturated carbocycles. The van der Waals surface area contributed by atoms with Crippen molar-refractivity contribution in [2.45, 2.75) is 13.5 Å². The first-order valence-electron chi connectivity index (χ1n) is 7.65. The second kappa shape index (κ2) is 6.27. The molecular formula is C18H14N2O5. The molecule has 0 amide bonds. The number of aromatic nitrogens is 2. The molecule has 0 bridgehead atoms. The highest BCUT2D eigenvalue weighted by atomic mass is 16.7. The number of carbonyl (C=O) groups excluding carboxylic acids is 1. The zero-order chi connectivity index (χ0) is 17.2. The van der Waals surface area contributed by atoms with Crippen LogP contribution in [0.4, 0.5) is 0 Å². The second-order valence-corrected chi connectivity index (χ2v) is 5.52. The Hall–Kier alpha value is -3.35. The summed E-state index contributed by atoms with van der Waals surface area (Å²) in [6.07, 6.45) is 0. The quantitative estimate of drug-likeness (QED) is 0.676. The molecule has 25 heavy (non-hydrogen) atoms. The smallest absolute Gasteiger partial charge is 0.338 e. The Morgan fingerprint density at radius 2 is 1.92 bits per heavy atom. The van der Waals surface area contributed by atoms with Gasteiger partial charge in [0.05, 0.1) is 5.56 Å². The molecule has 0 fully saturated rings. The van der Waals surface area contributed by atoms with Crippen LogP contribution in [0.5, 0.6) is 11.5 Å². The molecule has 2 heterocycles. The first-order valence-corrected chi connectivity index (χ1v) is 7.65. The topological polar surface area (TPSA) is 83.7 Å². The number of carbonyl (C=O) groups is 1. The molecule has 0 saturated heterocycles. The zero-order valence-electron chi connectivity index (χ0n) is 13.4. The van der Waals surface area contributed by atoms with E-state index in [2.05, 4.69) is 10.1 Å². The number of rotatable bonds is 4. The second-order valence-electron chi connectivity index (χ2n) is 5.52. The fourth-order valence-electron chi connectivity index (χ4n) is 2.37. The predicted molar refractivity (Wildman–Crippen MR) is 86.2 cm³/mol. The lowest BCUT2D eigenvalue weighted by Gasteiger charge is -2.03. The molecule has 0 N–H and O–H groups in total. The summed E-state index contributed by atoms with van der Waals surface area (Å²) in [7, 11) is 0. The van der Waals surface area contributed by atoms with Gasteiger partial charge >= 0.3 is 5.97 Å². The van der Waals surface area contributed by atoms with Crippen molar-refractivity contribution in [2.24, 2.45) is 0 Å². The minimum absolute atomic E-state index is 0.105. The molecule has 3 aromatic rings.